The molecule has 20 heavy (non-hydrogen) atoms. The molecule has 1 amide bonds. The lowest BCUT2D eigenvalue weighted by atomic mass is 10.0. The molecule has 0 radical (unpaired) electrons. The van der Waals surface area contributed by atoms with Gasteiger partial charge in [-0.2, -0.15) is 0 Å². The number of halogens is 1. The Bertz CT molecular complexity index is 608. The third kappa shape index (κ3) is 3.23. The summed E-state index contributed by atoms with van der Waals surface area (Å²) in [6.45, 7) is 3.34. The van der Waals surface area contributed by atoms with Crippen molar-refractivity contribution in [1.82, 2.24) is 5.32 Å². The van der Waals surface area contributed by atoms with Gasteiger partial charge in [0.1, 0.15) is 11.4 Å². The van der Waals surface area contributed by atoms with Crippen molar-refractivity contribution in [3.8, 4) is 0 Å². The predicted octanol–water partition coefficient (Wildman–Crippen LogP) is 2.83. The van der Waals surface area contributed by atoms with Crippen molar-refractivity contribution in [2.75, 3.05) is 6.54 Å². The summed E-state index contributed by atoms with van der Waals surface area (Å²) in [4.78, 5) is 12.7. The second-order valence-corrected chi connectivity index (χ2v) is 5.85. The van der Waals surface area contributed by atoms with E-state index in [0.29, 0.717) is 5.56 Å². The van der Waals surface area contributed by atoms with Crippen LogP contribution in [0.15, 0.2) is 35.7 Å². The number of rotatable bonds is 4. The Hall–Kier alpha value is -1.72. The summed E-state index contributed by atoms with van der Waals surface area (Å²) in [7, 11) is 0. The zero-order valence-corrected chi connectivity index (χ0v) is 12.1. The lowest BCUT2D eigenvalue weighted by Gasteiger charge is -2.22. The molecule has 2 rings (SSSR count). The fourth-order valence-corrected chi connectivity index (χ4v) is 2.55. The monoisotopic (exact) mass is 293 g/mol. The van der Waals surface area contributed by atoms with Crippen LogP contribution in [0.4, 0.5) is 4.39 Å². The van der Waals surface area contributed by atoms with E-state index in [9.17, 15) is 14.3 Å². The van der Waals surface area contributed by atoms with Gasteiger partial charge in [-0.05, 0) is 43.0 Å². The van der Waals surface area contributed by atoms with Crippen LogP contribution in [0.3, 0.4) is 0 Å². The van der Waals surface area contributed by atoms with Crippen LogP contribution in [0.1, 0.15) is 27.7 Å². The van der Waals surface area contributed by atoms with Crippen LogP contribution in [0.5, 0.6) is 0 Å². The van der Waals surface area contributed by atoms with Gasteiger partial charge in [-0.3, -0.25) is 4.79 Å². The molecule has 2 aromatic rings. The smallest absolute Gasteiger partial charge is 0.251 e. The molecule has 0 spiro atoms. The van der Waals surface area contributed by atoms with Gasteiger partial charge in [0.05, 0.1) is 6.54 Å². The van der Waals surface area contributed by atoms with Crippen LogP contribution in [-0.4, -0.2) is 17.6 Å². The Morgan fingerprint density at radius 3 is 2.80 bits per heavy atom. The number of nitrogens with one attached hydrogen (secondary N) is 1. The van der Waals surface area contributed by atoms with E-state index in [4.69, 9.17) is 0 Å². The summed E-state index contributed by atoms with van der Waals surface area (Å²) in [5.41, 5.74) is -0.394. The number of hydrogen-bond donors (Lipinski definition) is 2. The fourth-order valence-electron chi connectivity index (χ4n) is 1.76. The summed E-state index contributed by atoms with van der Waals surface area (Å²) in [6.07, 6.45) is 0. The number of amides is 1. The summed E-state index contributed by atoms with van der Waals surface area (Å²) in [6, 6.07) is 7.97. The van der Waals surface area contributed by atoms with Gasteiger partial charge >= 0.3 is 0 Å². The Balaban J connectivity index is 2.03. The molecule has 0 saturated heterocycles. The fraction of sp³-hybridized carbons (Fsp3) is 0.267. The highest BCUT2D eigenvalue weighted by Gasteiger charge is 2.25. The van der Waals surface area contributed by atoms with Gasteiger partial charge in [0.25, 0.3) is 5.91 Å². The molecule has 1 aromatic heterocycles. The lowest BCUT2D eigenvalue weighted by molar-refractivity contribution is 0.0556. The van der Waals surface area contributed by atoms with Crippen LogP contribution in [-0.2, 0) is 5.60 Å². The average molecular weight is 293 g/mol. The summed E-state index contributed by atoms with van der Waals surface area (Å²) < 4.78 is 13.4. The maximum atomic E-state index is 13.4. The largest absolute Gasteiger partial charge is 0.383 e. The van der Waals surface area contributed by atoms with Gasteiger partial charge in [0, 0.05) is 10.4 Å². The van der Waals surface area contributed by atoms with Crippen LogP contribution in [0, 0.1) is 12.7 Å². The van der Waals surface area contributed by atoms with Crippen LogP contribution < -0.4 is 5.32 Å². The molecule has 5 heteroatoms. The second-order valence-electron chi connectivity index (χ2n) is 4.90. The first-order chi connectivity index (χ1) is 9.40. The zero-order chi connectivity index (χ0) is 14.8. The van der Waals surface area contributed by atoms with E-state index in [2.05, 4.69) is 5.32 Å². The Labute approximate surface area is 121 Å². The number of carbonyl (C=O) groups is 1. The number of hydrogen-bond acceptors (Lipinski definition) is 3. The van der Waals surface area contributed by atoms with E-state index in [-0.39, 0.29) is 12.1 Å². The quantitative estimate of drug-likeness (QED) is 0.910. The standard InChI is InChI=1S/C15H16FNO2S/c1-10-5-6-11(8-12(10)16)14(18)17-9-15(2,19)13-4-3-7-20-13/h3-8,19H,9H2,1-2H3,(H,17,18). The van der Waals surface area contributed by atoms with Crippen molar-refractivity contribution in [1.29, 1.82) is 0 Å². The molecular formula is C15H16FNO2S. The first-order valence-electron chi connectivity index (χ1n) is 6.21. The molecule has 1 aromatic carbocycles. The molecule has 2 N–H and O–H groups in total. The zero-order valence-electron chi connectivity index (χ0n) is 11.3. The Morgan fingerprint density at radius 1 is 1.45 bits per heavy atom. The first-order valence-corrected chi connectivity index (χ1v) is 7.09. The molecule has 1 atom stereocenters. The minimum Gasteiger partial charge on any atom is -0.383 e. The van der Waals surface area contributed by atoms with Crippen LogP contribution in [0.25, 0.3) is 0 Å². The highest BCUT2D eigenvalue weighted by atomic mass is 32.1. The van der Waals surface area contributed by atoms with Crippen molar-refractivity contribution in [3.05, 3.63) is 57.5 Å². The van der Waals surface area contributed by atoms with Gasteiger partial charge in [-0.25, -0.2) is 4.39 Å². The molecule has 1 heterocycles. The number of benzene rings is 1. The van der Waals surface area contributed by atoms with E-state index in [1.807, 2.05) is 17.5 Å². The van der Waals surface area contributed by atoms with Gasteiger partial charge in [0.2, 0.25) is 0 Å². The summed E-state index contributed by atoms with van der Waals surface area (Å²) in [5.74, 6) is -0.816. The van der Waals surface area contributed by atoms with Crippen molar-refractivity contribution in [2.45, 2.75) is 19.4 Å². The minimum atomic E-state index is -1.13. The number of aliphatic hydroxyl groups is 1. The third-order valence-electron chi connectivity index (χ3n) is 3.08. The second kappa shape index (κ2) is 5.73. The van der Waals surface area contributed by atoms with Crippen molar-refractivity contribution in [3.63, 3.8) is 0 Å². The Kier molecular flexibility index (Phi) is 4.20. The molecule has 0 saturated carbocycles. The van der Waals surface area contributed by atoms with E-state index in [1.165, 1.54) is 17.4 Å². The number of carbonyl (C=O) groups excluding carboxylic acids is 1. The van der Waals surface area contributed by atoms with Crippen LogP contribution >= 0.6 is 11.3 Å². The average Bonchev–Trinajstić information content (AvgIpc) is 2.94. The van der Waals surface area contributed by atoms with Gasteiger partial charge in [0.15, 0.2) is 0 Å². The first kappa shape index (κ1) is 14.7. The molecular weight excluding hydrogens is 277 g/mol. The maximum absolute atomic E-state index is 13.4. The van der Waals surface area contributed by atoms with Gasteiger partial charge in [-0.1, -0.05) is 12.1 Å². The molecule has 106 valence electrons. The summed E-state index contributed by atoms with van der Waals surface area (Å²) in [5, 5.41) is 14.8. The molecule has 3 nitrogen and oxygen atoms in total. The van der Waals surface area contributed by atoms with Gasteiger partial charge < -0.3 is 10.4 Å². The molecule has 0 aliphatic heterocycles. The number of thiophene rings is 1. The lowest BCUT2D eigenvalue weighted by Crippen LogP contribution is -2.38. The van der Waals surface area contributed by atoms with Gasteiger partial charge in [-0.15, -0.1) is 11.3 Å². The maximum Gasteiger partial charge on any atom is 0.251 e. The third-order valence-corrected chi connectivity index (χ3v) is 4.20. The van der Waals surface area contributed by atoms with Crippen molar-refractivity contribution in [2.24, 2.45) is 0 Å². The van der Waals surface area contributed by atoms with E-state index >= 15 is 0 Å². The van der Waals surface area contributed by atoms with E-state index in [0.717, 1.165) is 4.88 Å². The van der Waals surface area contributed by atoms with Crippen molar-refractivity contribution >= 4 is 17.2 Å². The SMILES string of the molecule is Cc1ccc(C(=O)NCC(C)(O)c2cccs2)cc1F. The highest BCUT2D eigenvalue weighted by molar-refractivity contribution is 7.10. The molecule has 0 aliphatic rings. The van der Waals surface area contributed by atoms with E-state index < -0.39 is 17.3 Å². The predicted molar refractivity (Wildman–Crippen MR) is 77.4 cm³/mol. The van der Waals surface area contributed by atoms with Crippen LogP contribution in [0.2, 0.25) is 0 Å². The molecule has 0 aliphatic carbocycles. The Morgan fingerprint density at radius 2 is 2.20 bits per heavy atom. The topological polar surface area (TPSA) is 49.3 Å². The number of aryl methyl sites for hydroxylation is 1. The van der Waals surface area contributed by atoms with Crippen molar-refractivity contribution < 1.29 is 14.3 Å². The molecule has 0 fully saturated rings. The normalized spacial score (nSPS) is 13.8. The molecule has 1 unspecified atom stereocenters. The van der Waals surface area contributed by atoms with E-state index in [1.54, 1.807) is 26.0 Å². The molecule has 0 bridgehead atoms. The highest BCUT2D eigenvalue weighted by Crippen LogP contribution is 2.24. The summed E-state index contributed by atoms with van der Waals surface area (Å²) >= 11 is 1.42. The minimum absolute atomic E-state index is 0.0713.